The Morgan fingerprint density at radius 3 is 2.42 bits per heavy atom. The number of nitrogens with zero attached hydrogens (tertiary/aromatic N) is 3. The van der Waals surface area contributed by atoms with Gasteiger partial charge in [0.2, 0.25) is 10.0 Å². The quantitative estimate of drug-likeness (QED) is 0.446. The fourth-order valence-electron chi connectivity index (χ4n) is 3.33. The summed E-state index contributed by atoms with van der Waals surface area (Å²) in [6.07, 6.45) is 1.37. The Kier molecular flexibility index (Phi) is 6.01. The number of hydrogen-bond acceptors (Lipinski definition) is 7. The van der Waals surface area contributed by atoms with E-state index >= 15 is 0 Å². The molecule has 8 nitrogen and oxygen atoms in total. The van der Waals surface area contributed by atoms with Crippen LogP contribution in [-0.4, -0.2) is 55.0 Å². The minimum absolute atomic E-state index is 0.178. The fraction of sp³-hybridized carbons (Fsp3) is 0.200. The van der Waals surface area contributed by atoms with E-state index in [0.717, 1.165) is 16.9 Å². The van der Waals surface area contributed by atoms with Gasteiger partial charge in [-0.05, 0) is 35.4 Å². The Hall–Kier alpha value is -2.86. The third kappa shape index (κ3) is 4.44. The largest absolute Gasteiger partial charge is 0.345 e. The van der Waals surface area contributed by atoms with Crippen molar-refractivity contribution in [2.45, 2.75) is 4.90 Å². The van der Waals surface area contributed by atoms with Crippen LogP contribution < -0.4 is 10.4 Å². The van der Waals surface area contributed by atoms with E-state index < -0.39 is 15.9 Å². The van der Waals surface area contributed by atoms with Crippen LogP contribution in [0.2, 0.25) is 0 Å². The van der Waals surface area contributed by atoms with Crippen molar-refractivity contribution >= 4 is 32.4 Å². The first-order chi connectivity index (χ1) is 14.9. The maximum Gasteiger partial charge on any atom is 0.286 e. The summed E-state index contributed by atoms with van der Waals surface area (Å²) in [4.78, 5) is 18.0. The summed E-state index contributed by atoms with van der Waals surface area (Å²) in [5.74, 6) is -0.983. The molecule has 0 atom stereocenters. The van der Waals surface area contributed by atoms with Crippen LogP contribution in [0.15, 0.2) is 59.6 Å². The Labute approximate surface area is 182 Å². The highest BCUT2D eigenvalue weighted by molar-refractivity contribution is 7.89. The van der Waals surface area contributed by atoms with E-state index in [9.17, 15) is 17.6 Å². The molecule has 1 fully saturated rings. The van der Waals surface area contributed by atoms with Gasteiger partial charge in [0.1, 0.15) is 10.7 Å². The summed E-state index contributed by atoms with van der Waals surface area (Å²) in [6, 6.07) is 12.5. The van der Waals surface area contributed by atoms with Gasteiger partial charge in [0.05, 0.1) is 11.1 Å². The number of nitrogens with one attached hydrogen (secondary N) is 1. The van der Waals surface area contributed by atoms with E-state index in [2.05, 4.69) is 4.98 Å². The standard InChI is InChI=1S/C20H19FN4O4S2/c21-16-3-1-2-15(12-16)14-4-6-17(7-5-14)31(28,29)25-10-8-24(9-11-25)20-22-13-18(30-20)19(26)23-27/h1-7,12-13,27H,8-11H2,(H,23,26). The van der Waals surface area contributed by atoms with Crippen LogP contribution in [0.4, 0.5) is 9.52 Å². The second-order valence-electron chi connectivity index (χ2n) is 6.87. The summed E-state index contributed by atoms with van der Waals surface area (Å²) in [7, 11) is -3.67. The van der Waals surface area contributed by atoms with Crippen LogP contribution in [0, 0.1) is 5.82 Å². The lowest BCUT2D eigenvalue weighted by atomic mass is 10.1. The van der Waals surface area contributed by atoms with Crippen LogP contribution in [0.25, 0.3) is 11.1 Å². The van der Waals surface area contributed by atoms with E-state index in [1.165, 1.54) is 34.8 Å². The normalized spacial score (nSPS) is 15.1. The average Bonchev–Trinajstić information content (AvgIpc) is 3.29. The summed E-state index contributed by atoms with van der Waals surface area (Å²) >= 11 is 1.13. The van der Waals surface area contributed by atoms with Crippen molar-refractivity contribution in [3.63, 3.8) is 0 Å². The molecule has 1 saturated heterocycles. The maximum absolute atomic E-state index is 13.4. The molecule has 31 heavy (non-hydrogen) atoms. The second kappa shape index (κ2) is 8.71. The molecule has 0 saturated carbocycles. The lowest BCUT2D eigenvalue weighted by Gasteiger charge is -2.33. The predicted octanol–water partition coefficient (Wildman–Crippen LogP) is 2.58. The number of carbonyl (C=O) groups is 1. The van der Waals surface area contributed by atoms with E-state index in [1.807, 2.05) is 4.90 Å². The number of hydroxylamine groups is 1. The molecule has 2 N–H and O–H groups in total. The molecular formula is C20H19FN4O4S2. The molecule has 2 aromatic carbocycles. The van der Waals surface area contributed by atoms with Gasteiger partial charge in [-0.15, -0.1) is 0 Å². The van der Waals surface area contributed by atoms with Crippen LogP contribution in [0.1, 0.15) is 9.67 Å². The van der Waals surface area contributed by atoms with Crippen LogP contribution in [0.3, 0.4) is 0 Å². The third-order valence-electron chi connectivity index (χ3n) is 4.98. The molecule has 0 radical (unpaired) electrons. The molecule has 1 amide bonds. The van der Waals surface area contributed by atoms with Crippen LogP contribution >= 0.6 is 11.3 Å². The monoisotopic (exact) mass is 462 g/mol. The van der Waals surface area contributed by atoms with E-state index in [0.29, 0.717) is 23.8 Å². The highest BCUT2D eigenvalue weighted by Crippen LogP contribution is 2.27. The van der Waals surface area contributed by atoms with Crippen molar-refractivity contribution in [3.8, 4) is 11.1 Å². The Bertz CT molecular complexity index is 1190. The summed E-state index contributed by atoms with van der Waals surface area (Å²) in [5, 5.41) is 9.30. The van der Waals surface area contributed by atoms with Gasteiger partial charge in [-0.2, -0.15) is 4.31 Å². The third-order valence-corrected chi connectivity index (χ3v) is 7.95. The lowest BCUT2D eigenvalue weighted by molar-refractivity contribution is 0.0710. The van der Waals surface area contributed by atoms with Gasteiger partial charge in [-0.1, -0.05) is 35.6 Å². The minimum Gasteiger partial charge on any atom is -0.345 e. The molecule has 4 rings (SSSR count). The van der Waals surface area contributed by atoms with Crippen molar-refractivity contribution in [1.82, 2.24) is 14.8 Å². The molecular weight excluding hydrogens is 443 g/mol. The number of amides is 1. The van der Waals surface area contributed by atoms with Crippen LogP contribution in [-0.2, 0) is 10.0 Å². The summed E-state index contributed by atoms with van der Waals surface area (Å²) < 4.78 is 40.9. The number of hydrogen-bond donors (Lipinski definition) is 2. The van der Waals surface area contributed by atoms with E-state index in [-0.39, 0.29) is 28.7 Å². The number of rotatable bonds is 5. The van der Waals surface area contributed by atoms with E-state index in [4.69, 9.17) is 5.21 Å². The van der Waals surface area contributed by atoms with Gasteiger partial charge in [-0.25, -0.2) is 23.3 Å². The fourth-order valence-corrected chi connectivity index (χ4v) is 5.61. The molecule has 0 aliphatic carbocycles. The van der Waals surface area contributed by atoms with Gasteiger partial charge in [0.15, 0.2) is 5.13 Å². The average molecular weight is 463 g/mol. The number of thiazole rings is 1. The molecule has 1 aromatic heterocycles. The van der Waals surface area contributed by atoms with Gasteiger partial charge >= 0.3 is 0 Å². The topological polar surface area (TPSA) is 103 Å². The number of anilines is 1. The zero-order valence-corrected chi connectivity index (χ0v) is 17.9. The molecule has 3 aromatic rings. The molecule has 0 unspecified atom stereocenters. The maximum atomic E-state index is 13.4. The second-order valence-corrected chi connectivity index (χ2v) is 9.82. The smallest absolute Gasteiger partial charge is 0.286 e. The lowest BCUT2D eigenvalue weighted by Crippen LogP contribution is -2.48. The summed E-state index contributed by atoms with van der Waals surface area (Å²) in [6.45, 7) is 1.40. The SMILES string of the molecule is O=C(NO)c1cnc(N2CCN(S(=O)(=O)c3ccc(-c4cccc(F)c4)cc3)CC2)s1. The highest BCUT2D eigenvalue weighted by Gasteiger charge is 2.29. The number of benzene rings is 2. The Balaban J connectivity index is 1.44. The minimum atomic E-state index is -3.67. The molecule has 1 aliphatic rings. The Morgan fingerprint density at radius 1 is 1.06 bits per heavy atom. The Morgan fingerprint density at radius 2 is 1.77 bits per heavy atom. The molecule has 0 bridgehead atoms. The van der Waals surface area contributed by atoms with Gasteiger partial charge in [0.25, 0.3) is 5.91 Å². The van der Waals surface area contributed by atoms with Crippen LogP contribution in [0.5, 0.6) is 0 Å². The first-order valence-electron chi connectivity index (χ1n) is 9.40. The van der Waals surface area contributed by atoms with Gasteiger partial charge in [-0.3, -0.25) is 10.0 Å². The van der Waals surface area contributed by atoms with Crippen molar-refractivity contribution < 1.29 is 22.8 Å². The van der Waals surface area contributed by atoms with Crippen molar-refractivity contribution in [1.29, 1.82) is 0 Å². The van der Waals surface area contributed by atoms with Crippen molar-refractivity contribution in [3.05, 3.63) is 65.4 Å². The molecule has 2 heterocycles. The molecule has 0 spiro atoms. The number of sulfonamides is 1. The number of piperazine rings is 1. The number of carbonyl (C=O) groups excluding carboxylic acids is 1. The highest BCUT2D eigenvalue weighted by atomic mass is 32.2. The van der Waals surface area contributed by atoms with Crippen molar-refractivity contribution in [2.75, 3.05) is 31.1 Å². The molecule has 162 valence electrons. The van der Waals surface area contributed by atoms with Gasteiger partial charge in [0, 0.05) is 26.2 Å². The van der Waals surface area contributed by atoms with Crippen molar-refractivity contribution in [2.24, 2.45) is 0 Å². The zero-order valence-electron chi connectivity index (χ0n) is 16.2. The first-order valence-corrected chi connectivity index (χ1v) is 11.7. The summed E-state index contributed by atoms with van der Waals surface area (Å²) in [5.41, 5.74) is 2.97. The predicted molar refractivity (Wildman–Crippen MR) is 114 cm³/mol. The number of halogens is 1. The number of aromatic nitrogens is 1. The van der Waals surface area contributed by atoms with Gasteiger partial charge < -0.3 is 4.90 Å². The molecule has 1 aliphatic heterocycles. The first kappa shape index (κ1) is 21.4. The molecule has 11 heteroatoms. The van der Waals surface area contributed by atoms with E-state index in [1.54, 1.807) is 29.7 Å². The zero-order chi connectivity index (χ0) is 22.0.